The third-order valence-corrected chi connectivity index (χ3v) is 2.77. The average molecular weight is 271 g/mol. The van der Waals surface area contributed by atoms with Crippen molar-refractivity contribution in [3.05, 3.63) is 22.7 Å². The van der Waals surface area contributed by atoms with Gasteiger partial charge in [0, 0.05) is 5.56 Å². The summed E-state index contributed by atoms with van der Waals surface area (Å²) in [5.74, 6) is 0.979. The Hall–Kier alpha value is -1.22. The second-order valence-electron chi connectivity index (χ2n) is 5.31. The van der Waals surface area contributed by atoms with Crippen LogP contribution in [0.4, 0.5) is 0 Å². The van der Waals surface area contributed by atoms with E-state index < -0.39 is 0 Å². The second-order valence-corrected chi connectivity index (χ2v) is 5.72. The predicted molar refractivity (Wildman–Crippen MR) is 73.0 cm³/mol. The zero-order chi connectivity index (χ0) is 13.8. The van der Waals surface area contributed by atoms with Crippen molar-refractivity contribution in [3.63, 3.8) is 0 Å². The molecule has 1 aromatic carbocycles. The van der Waals surface area contributed by atoms with E-state index in [0.717, 1.165) is 12.7 Å². The van der Waals surface area contributed by atoms with Gasteiger partial charge in [-0.15, -0.1) is 0 Å². The van der Waals surface area contributed by atoms with E-state index in [1.165, 1.54) is 7.11 Å². The van der Waals surface area contributed by atoms with Crippen molar-refractivity contribution in [3.8, 4) is 11.5 Å². The molecule has 0 heterocycles. The number of halogens is 1. The Bertz CT molecular complexity index is 422. The number of ether oxygens (including phenoxy) is 2. The zero-order valence-electron chi connectivity index (χ0n) is 11.2. The third kappa shape index (κ3) is 4.22. The molecule has 1 aromatic rings. The van der Waals surface area contributed by atoms with Crippen LogP contribution in [0.1, 0.15) is 37.6 Å². The first-order valence-electron chi connectivity index (χ1n) is 5.83. The van der Waals surface area contributed by atoms with Crippen molar-refractivity contribution < 1.29 is 14.3 Å². The molecule has 100 valence electrons. The number of carbonyl (C=O) groups excluding carboxylic acids is 1. The lowest BCUT2D eigenvalue weighted by molar-refractivity contribution is 0.112. The first kappa shape index (κ1) is 14.8. The summed E-state index contributed by atoms with van der Waals surface area (Å²) in [5, 5.41) is 0.394. The largest absolute Gasteiger partial charge is 0.493 e. The Morgan fingerprint density at radius 1 is 1.33 bits per heavy atom. The molecule has 0 atom stereocenters. The van der Waals surface area contributed by atoms with Crippen molar-refractivity contribution in [1.82, 2.24) is 0 Å². The van der Waals surface area contributed by atoms with Gasteiger partial charge in [-0.05, 0) is 24.0 Å². The van der Waals surface area contributed by atoms with Crippen LogP contribution in [0.15, 0.2) is 12.1 Å². The van der Waals surface area contributed by atoms with Gasteiger partial charge in [-0.3, -0.25) is 4.79 Å². The van der Waals surface area contributed by atoms with Crippen molar-refractivity contribution in [2.75, 3.05) is 13.7 Å². The van der Waals surface area contributed by atoms with Crippen molar-refractivity contribution in [2.24, 2.45) is 5.41 Å². The number of aldehydes is 1. The predicted octanol–water partition coefficient (Wildman–Crippen LogP) is 3.98. The maximum atomic E-state index is 10.7. The van der Waals surface area contributed by atoms with Gasteiger partial charge in [0.2, 0.25) is 0 Å². The van der Waals surface area contributed by atoms with Gasteiger partial charge in [0.15, 0.2) is 11.5 Å². The molecule has 0 amide bonds. The number of benzene rings is 1. The van der Waals surface area contributed by atoms with Crippen LogP contribution in [0, 0.1) is 5.41 Å². The van der Waals surface area contributed by atoms with Gasteiger partial charge >= 0.3 is 0 Å². The molecule has 0 bridgehead atoms. The van der Waals surface area contributed by atoms with Crippen molar-refractivity contribution in [1.29, 1.82) is 0 Å². The zero-order valence-corrected chi connectivity index (χ0v) is 12.0. The summed E-state index contributed by atoms with van der Waals surface area (Å²) in [7, 11) is 1.52. The first-order valence-corrected chi connectivity index (χ1v) is 6.20. The highest BCUT2D eigenvalue weighted by atomic mass is 35.5. The number of hydrogen-bond acceptors (Lipinski definition) is 3. The molecular weight excluding hydrogens is 252 g/mol. The molecule has 18 heavy (non-hydrogen) atoms. The molecule has 0 unspecified atom stereocenters. The summed E-state index contributed by atoms with van der Waals surface area (Å²) in [6, 6.07) is 3.19. The molecule has 0 saturated heterocycles. The molecule has 0 aliphatic rings. The average Bonchev–Trinajstić information content (AvgIpc) is 2.29. The minimum Gasteiger partial charge on any atom is -0.493 e. The maximum Gasteiger partial charge on any atom is 0.179 e. The lowest BCUT2D eigenvalue weighted by Crippen LogP contribution is -2.11. The van der Waals surface area contributed by atoms with E-state index in [9.17, 15) is 4.79 Å². The summed E-state index contributed by atoms with van der Waals surface area (Å²) in [6.45, 7) is 6.99. The highest BCUT2D eigenvalue weighted by Crippen LogP contribution is 2.36. The second kappa shape index (κ2) is 6.10. The molecule has 4 heteroatoms. The van der Waals surface area contributed by atoms with Crippen molar-refractivity contribution >= 4 is 17.9 Å². The van der Waals surface area contributed by atoms with E-state index in [2.05, 4.69) is 20.8 Å². The number of carbonyl (C=O) groups is 1. The molecule has 0 spiro atoms. The highest BCUT2D eigenvalue weighted by Gasteiger charge is 2.14. The number of hydrogen-bond donors (Lipinski definition) is 0. The molecule has 0 aliphatic heterocycles. The Balaban J connectivity index is 2.84. The molecule has 0 fully saturated rings. The summed E-state index contributed by atoms with van der Waals surface area (Å²) < 4.78 is 10.8. The van der Waals surface area contributed by atoms with E-state index in [4.69, 9.17) is 21.1 Å². The Morgan fingerprint density at radius 2 is 2.00 bits per heavy atom. The standard InChI is InChI=1S/C14H19ClO3/c1-14(2,3)5-6-18-13-11(15)7-10(9-16)8-12(13)17-4/h7-9H,5-6H2,1-4H3. The topological polar surface area (TPSA) is 35.5 Å². The van der Waals surface area contributed by atoms with Crippen LogP contribution < -0.4 is 9.47 Å². The van der Waals surface area contributed by atoms with Gasteiger partial charge in [-0.1, -0.05) is 32.4 Å². The summed E-state index contributed by atoms with van der Waals surface area (Å²) in [4.78, 5) is 10.7. The molecule has 0 N–H and O–H groups in total. The van der Waals surface area contributed by atoms with Gasteiger partial charge < -0.3 is 9.47 Å². The Labute approximate surface area is 113 Å². The van der Waals surface area contributed by atoms with Crippen LogP contribution in [0.3, 0.4) is 0 Å². The van der Waals surface area contributed by atoms with Crippen LogP contribution in [0.25, 0.3) is 0 Å². The fraction of sp³-hybridized carbons (Fsp3) is 0.500. The first-order chi connectivity index (χ1) is 8.37. The van der Waals surface area contributed by atoms with Gasteiger partial charge in [0.05, 0.1) is 18.7 Å². The van der Waals surface area contributed by atoms with E-state index in [-0.39, 0.29) is 5.41 Å². The Kier molecular flexibility index (Phi) is 5.03. The van der Waals surface area contributed by atoms with Gasteiger partial charge in [-0.2, -0.15) is 0 Å². The molecular formula is C14H19ClO3. The van der Waals surface area contributed by atoms with Crippen molar-refractivity contribution in [2.45, 2.75) is 27.2 Å². The third-order valence-electron chi connectivity index (χ3n) is 2.49. The normalized spacial score (nSPS) is 11.2. The molecule has 0 aliphatic carbocycles. The smallest absolute Gasteiger partial charge is 0.179 e. The quantitative estimate of drug-likeness (QED) is 0.760. The molecule has 0 saturated carbocycles. The SMILES string of the molecule is COc1cc(C=O)cc(Cl)c1OCCC(C)(C)C. The van der Waals surface area contributed by atoms with Crippen LogP contribution in [0.2, 0.25) is 5.02 Å². The Morgan fingerprint density at radius 3 is 2.50 bits per heavy atom. The maximum absolute atomic E-state index is 10.7. The molecule has 3 nitrogen and oxygen atoms in total. The van der Waals surface area contributed by atoms with Gasteiger partial charge in [0.25, 0.3) is 0 Å². The van der Waals surface area contributed by atoms with Gasteiger partial charge in [0.1, 0.15) is 6.29 Å². The van der Waals surface area contributed by atoms with Crippen LogP contribution in [0.5, 0.6) is 11.5 Å². The summed E-state index contributed by atoms with van der Waals surface area (Å²) in [5.41, 5.74) is 0.669. The van der Waals surface area contributed by atoms with E-state index in [1.54, 1.807) is 12.1 Å². The fourth-order valence-corrected chi connectivity index (χ4v) is 1.68. The van der Waals surface area contributed by atoms with Crippen LogP contribution in [-0.4, -0.2) is 20.0 Å². The van der Waals surface area contributed by atoms with Crippen LogP contribution >= 0.6 is 11.6 Å². The molecule has 0 radical (unpaired) electrons. The fourth-order valence-electron chi connectivity index (χ4n) is 1.41. The monoisotopic (exact) mass is 270 g/mol. The van der Waals surface area contributed by atoms with Crippen LogP contribution in [-0.2, 0) is 0 Å². The van der Waals surface area contributed by atoms with E-state index in [0.29, 0.717) is 28.7 Å². The van der Waals surface area contributed by atoms with E-state index in [1.807, 2.05) is 0 Å². The minimum absolute atomic E-state index is 0.197. The summed E-state index contributed by atoms with van der Waals surface area (Å²) in [6.07, 6.45) is 1.63. The summed E-state index contributed by atoms with van der Waals surface area (Å²) >= 11 is 6.08. The number of methoxy groups -OCH3 is 1. The lowest BCUT2D eigenvalue weighted by Gasteiger charge is -2.19. The highest BCUT2D eigenvalue weighted by molar-refractivity contribution is 6.32. The van der Waals surface area contributed by atoms with Gasteiger partial charge in [-0.25, -0.2) is 0 Å². The molecule has 0 aromatic heterocycles. The number of rotatable bonds is 5. The van der Waals surface area contributed by atoms with E-state index >= 15 is 0 Å². The molecule has 1 rings (SSSR count). The lowest BCUT2D eigenvalue weighted by atomic mass is 9.93. The minimum atomic E-state index is 0.197.